The summed E-state index contributed by atoms with van der Waals surface area (Å²) in [7, 11) is 0. The predicted octanol–water partition coefficient (Wildman–Crippen LogP) is 2.52. The maximum atomic E-state index is 3.52. The molecule has 2 aliphatic rings. The van der Waals surface area contributed by atoms with Gasteiger partial charge < -0.3 is 10.2 Å². The molecule has 0 saturated heterocycles. The maximum Gasteiger partial charge on any atom is 0.0450 e. The van der Waals surface area contributed by atoms with Crippen LogP contribution in [0.4, 0.5) is 5.69 Å². The Kier molecular flexibility index (Phi) is 2.44. The van der Waals surface area contributed by atoms with Gasteiger partial charge in [0.25, 0.3) is 0 Å². The van der Waals surface area contributed by atoms with Crippen molar-refractivity contribution in [3.8, 4) is 0 Å². The summed E-state index contributed by atoms with van der Waals surface area (Å²) in [6.45, 7) is 11.6. The quantitative estimate of drug-likeness (QED) is 0.737. The summed E-state index contributed by atoms with van der Waals surface area (Å²) in [4.78, 5) is 2.58. The van der Waals surface area contributed by atoms with Crippen LogP contribution in [0.1, 0.15) is 31.9 Å². The molecule has 1 aromatic carbocycles. The first-order chi connectivity index (χ1) is 8.10. The SMILES string of the molecule is CC1CN2CCNCc3cccc(c32)C1(C)C. The second-order valence-corrected chi connectivity index (χ2v) is 6.06. The molecule has 0 bridgehead atoms. The third-order valence-electron chi connectivity index (χ3n) is 4.73. The van der Waals surface area contributed by atoms with E-state index in [0.29, 0.717) is 11.3 Å². The highest BCUT2D eigenvalue weighted by Gasteiger charge is 2.38. The second kappa shape index (κ2) is 3.74. The monoisotopic (exact) mass is 230 g/mol. The average Bonchev–Trinajstić information content (AvgIpc) is 2.50. The van der Waals surface area contributed by atoms with Crippen molar-refractivity contribution in [3.05, 3.63) is 29.3 Å². The van der Waals surface area contributed by atoms with Gasteiger partial charge in [-0.2, -0.15) is 0 Å². The molecule has 0 aromatic heterocycles. The van der Waals surface area contributed by atoms with E-state index in [9.17, 15) is 0 Å². The van der Waals surface area contributed by atoms with E-state index in [1.54, 1.807) is 0 Å². The minimum atomic E-state index is 0.298. The van der Waals surface area contributed by atoms with Crippen LogP contribution in [0.15, 0.2) is 18.2 Å². The molecule has 0 aliphatic carbocycles. The van der Waals surface area contributed by atoms with Gasteiger partial charge in [-0.1, -0.05) is 39.0 Å². The molecule has 0 radical (unpaired) electrons. The Balaban J connectivity index is 2.20. The van der Waals surface area contributed by atoms with Crippen molar-refractivity contribution in [3.63, 3.8) is 0 Å². The van der Waals surface area contributed by atoms with Gasteiger partial charge >= 0.3 is 0 Å². The molecule has 0 amide bonds. The highest BCUT2D eigenvalue weighted by molar-refractivity contribution is 5.64. The van der Waals surface area contributed by atoms with Crippen LogP contribution in [0.3, 0.4) is 0 Å². The summed E-state index contributed by atoms with van der Waals surface area (Å²) >= 11 is 0. The molecule has 1 aromatic rings. The van der Waals surface area contributed by atoms with Crippen LogP contribution in [0, 0.1) is 5.92 Å². The standard InChI is InChI=1S/C15H22N2/c1-11-10-17-8-7-16-9-12-5-4-6-13(14(12)17)15(11,2)3/h4-6,11,16H,7-10H2,1-3H3. The van der Waals surface area contributed by atoms with E-state index in [4.69, 9.17) is 0 Å². The molecular formula is C15H22N2. The number of rotatable bonds is 0. The van der Waals surface area contributed by atoms with Crippen LogP contribution in [0.5, 0.6) is 0 Å². The van der Waals surface area contributed by atoms with E-state index in [1.807, 2.05) is 0 Å². The molecule has 2 heterocycles. The smallest absolute Gasteiger partial charge is 0.0450 e. The topological polar surface area (TPSA) is 15.3 Å². The lowest BCUT2D eigenvalue weighted by molar-refractivity contribution is 0.328. The van der Waals surface area contributed by atoms with Crippen LogP contribution in [0.25, 0.3) is 0 Å². The lowest BCUT2D eigenvalue weighted by atomic mass is 9.70. The molecule has 0 saturated carbocycles. The van der Waals surface area contributed by atoms with Crippen LogP contribution in [-0.2, 0) is 12.0 Å². The minimum absolute atomic E-state index is 0.298. The van der Waals surface area contributed by atoms with Gasteiger partial charge in [0.05, 0.1) is 0 Å². The van der Waals surface area contributed by atoms with E-state index < -0.39 is 0 Å². The first-order valence-electron chi connectivity index (χ1n) is 6.69. The molecule has 3 rings (SSSR count). The average molecular weight is 230 g/mol. The molecule has 0 spiro atoms. The van der Waals surface area contributed by atoms with Crippen LogP contribution in [0.2, 0.25) is 0 Å². The molecule has 2 aliphatic heterocycles. The number of nitrogens with zero attached hydrogens (tertiary/aromatic N) is 1. The summed E-state index contributed by atoms with van der Waals surface area (Å²) in [5.74, 6) is 0.711. The van der Waals surface area contributed by atoms with Crippen molar-refractivity contribution in [2.75, 3.05) is 24.5 Å². The summed E-state index contributed by atoms with van der Waals surface area (Å²) in [6.07, 6.45) is 0. The Morgan fingerprint density at radius 1 is 1.35 bits per heavy atom. The van der Waals surface area contributed by atoms with Crippen molar-refractivity contribution < 1.29 is 0 Å². The fourth-order valence-electron chi connectivity index (χ4n) is 3.18. The first kappa shape index (κ1) is 11.1. The zero-order valence-electron chi connectivity index (χ0n) is 11.1. The van der Waals surface area contributed by atoms with Crippen LogP contribution < -0.4 is 10.2 Å². The van der Waals surface area contributed by atoms with Gasteiger partial charge in [-0.25, -0.2) is 0 Å². The molecule has 2 heteroatoms. The molecule has 1 unspecified atom stereocenters. The zero-order chi connectivity index (χ0) is 12.0. The third-order valence-corrected chi connectivity index (χ3v) is 4.73. The van der Waals surface area contributed by atoms with Crippen LogP contribution >= 0.6 is 0 Å². The normalized spacial score (nSPS) is 26.3. The van der Waals surface area contributed by atoms with Crippen molar-refractivity contribution in [1.29, 1.82) is 0 Å². The number of hydrogen-bond donors (Lipinski definition) is 1. The second-order valence-electron chi connectivity index (χ2n) is 6.06. The number of para-hydroxylation sites is 1. The van der Waals surface area contributed by atoms with Gasteiger partial charge in [0.2, 0.25) is 0 Å². The summed E-state index contributed by atoms with van der Waals surface area (Å²) in [5, 5.41) is 3.52. The van der Waals surface area contributed by atoms with Crippen LogP contribution in [-0.4, -0.2) is 19.6 Å². The van der Waals surface area contributed by atoms with Gasteiger partial charge in [0.15, 0.2) is 0 Å². The molecule has 2 nitrogen and oxygen atoms in total. The van der Waals surface area contributed by atoms with E-state index in [2.05, 4.69) is 49.2 Å². The maximum absolute atomic E-state index is 3.52. The van der Waals surface area contributed by atoms with E-state index in [-0.39, 0.29) is 0 Å². The van der Waals surface area contributed by atoms with Crippen molar-refractivity contribution in [2.45, 2.75) is 32.7 Å². The fraction of sp³-hybridized carbons (Fsp3) is 0.600. The lowest BCUT2D eigenvalue weighted by Gasteiger charge is -2.45. The van der Waals surface area contributed by atoms with Crippen molar-refractivity contribution in [1.82, 2.24) is 5.32 Å². The van der Waals surface area contributed by atoms with Crippen molar-refractivity contribution >= 4 is 5.69 Å². The number of benzene rings is 1. The van der Waals surface area contributed by atoms with Gasteiger partial charge in [-0.3, -0.25) is 0 Å². The molecule has 92 valence electrons. The molecule has 1 N–H and O–H groups in total. The highest BCUT2D eigenvalue weighted by Crippen LogP contribution is 2.44. The Bertz CT molecular complexity index is 437. The number of anilines is 1. The van der Waals surface area contributed by atoms with E-state index in [1.165, 1.54) is 23.4 Å². The lowest BCUT2D eigenvalue weighted by Crippen LogP contribution is -2.45. The van der Waals surface area contributed by atoms with Gasteiger partial charge in [0.1, 0.15) is 0 Å². The van der Waals surface area contributed by atoms with E-state index in [0.717, 1.165) is 19.6 Å². The van der Waals surface area contributed by atoms with Gasteiger partial charge in [-0.15, -0.1) is 0 Å². The third kappa shape index (κ3) is 1.58. The fourth-order valence-corrected chi connectivity index (χ4v) is 3.18. The molecular weight excluding hydrogens is 208 g/mol. The zero-order valence-corrected chi connectivity index (χ0v) is 11.1. The van der Waals surface area contributed by atoms with Gasteiger partial charge in [0, 0.05) is 31.9 Å². The highest BCUT2D eigenvalue weighted by atomic mass is 15.2. The number of hydrogen-bond acceptors (Lipinski definition) is 2. The van der Waals surface area contributed by atoms with E-state index >= 15 is 0 Å². The molecule has 0 fully saturated rings. The summed E-state index contributed by atoms with van der Waals surface area (Å²) in [6, 6.07) is 6.82. The Labute approximate surface area is 104 Å². The predicted molar refractivity (Wildman–Crippen MR) is 72.6 cm³/mol. The Morgan fingerprint density at radius 3 is 3.00 bits per heavy atom. The van der Waals surface area contributed by atoms with Crippen molar-refractivity contribution in [2.24, 2.45) is 5.92 Å². The summed E-state index contributed by atoms with van der Waals surface area (Å²) < 4.78 is 0. The Morgan fingerprint density at radius 2 is 2.18 bits per heavy atom. The molecule has 17 heavy (non-hydrogen) atoms. The number of nitrogens with one attached hydrogen (secondary N) is 1. The van der Waals surface area contributed by atoms with Gasteiger partial charge in [-0.05, 0) is 22.5 Å². The summed E-state index contributed by atoms with van der Waals surface area (Å²) in [5.41, 5.74) is 4.82. The minimum Gasteiger partial charge on any atom is -0.369 e. The Hall–Kier alpha value is -1.02. The largest absolute Gasteiger partial charge is 0.369 e. The first-order valence-corrected chi connectivity index (χ1v) is 6.69. The molecule has 1 atom stereocenters.